The van der Waals surface area contributed by atoms with Crippen LogP contribution in [0.5, 0.6) is 0 Å². The van der Waals surface area contributed by atoms with Crippen molar-refractivity contribution in [3.63, 3.8) is 0 Å². The van der Waals surface area contributed by atoms with Crippen molar-refractivity contribution in [1.29, 1.82) is 0 Å². The van der Waals surface area contributed by atoms with Crippen LogP contribution in [0.3, 0.4) is 0 Å². The van der Waals surface area contributed by atoms with Gasteiger partial charge in [0.15, 0.2) is 0 Å². The molecule has 0 aliphatic carbocycles. The molecule has 1 saturated heterocycles. The van der Waals surface area contributed by atoms with Crippen molar-refractivity contribution < 1.29 is 0 Å². The molecule has 2 aromatic rings. The molecule has 2 aromatic heterocycles. The molecule has 0 aromatic carbocycles. The van der Waals surface area contributed by atoms with E-state index in [9.17, 15) is 4.79 Å². The molecule has 2 aliphatic heterocycles. The van der Waals surface area contributed by atoms with E-state index in [1.807, 2.05) is 0 Å². The third-order valence-electron chi connectivity index (χ3n) is 5.28. The van der Waals surface area contributed by atoms with Gasteiger partial charge in [0, 0.05) is 50.3 Å². The van der Waals surface area contributed by atoms with E-state index in [1.54, 1.807) is 12.4 Å². The molecular weight excluding hydrogens is 330 g/mol. The largest absolute Gasteiger partial charge is 0.368 e. The molecule has 0 bridgehead atoms. The smallest absolute Gasteiger partial charge is 0.264 e. The summed E-state index contributed by atoms with van der Waals surface area (Å²) in [4.78, 5) is 24.8. The Hall–Kier alpha value is -2.48. The molecular formula is C18H25N7O. The molecule has 8 nitrogen and oxygen atoms in total. The summed E-state index contributed by atoms with van der Waals surface area (Å²) in [6.45, 7) is 3.68. The van der Waals surface area contributed by atoms with Crippen LogP contribution in [0.1, 0.15) is 30.5 Å². The summed E-state index contributed by atoms with van der Waals surface area (Å²) in [5.74, 6) is 1.78. The van der Waals surface area contributed by atoms with Crippen LogP contribution in [0.4, 0.5) is 11.6 Å². The monoisotopic (exact) mass is 355 g/mol. The lowest BCUT2D eigenvalue weighted by atomic mass is 10.0. The van der Waals surface area contributed by atoms with Crippen LogP contribution in [-0.2, 0) is 13.0 Å². The Morgan fingerprint density at radius 2 is 2.19 bits per heavy atom. The fraction of sp³-hybridized carbons (Fsp3) is 0.556. The molecule has 138 valence electrons. The van der Waals surface area contributed by atoms with Gasteiger partial charge in [0.25, 0.3) is 5.56 Å². The standard InChI is InChI=1S/C18H25N7O/c1-24-9-7-15-14(11-24)18(21-12-20-15)19-10-13-4-2-3-8-25(13)16-5-6-17(26)23-22-16/h5-6,12-13H,2-4,7-11H2,1H3,(H,23,26)(H,19,20,21). The first kappa shape index (κ1) is 17.0. The Morgan fingerprint density at radius 1 is 1.27 bits per heavy atom. The number of aromatic nitrogens is 4. The van der Waals surface area contributed by atoms with E-state index < -0.39 is 0 Å². The quantitative estimate of drug-likeness (QED) is 0.846. The summed E-state index contributed by atoms with van der Waals surface area (Å²) in [5.41, 5.74) is 2.20. The van der Waals surface area contributed by atoms with E-state index in [1.165, 1.54) is 18.1 Å². The number of hydrogen-bond donors (Lipinski definition) is 2. The van der Waals surface area contributed by atoms with Crippen molar-refractivity contribution in [2.45, 2.75) is 38.3 Å². The van der Waals surface area contributed by atoms with Crippen molar-refractivity contribution in [1.82, 2.24) is 25.1 Å². The van der Waals surface area contributed by atoms with E-state index in [-0.39, 0.29) is 5.56 Å². The molecule has 8 heteroatoms. The van der Waals surface area contributed by atoms with Crippen LogP contribution in [0.15, 0.2) is 23.3 Å². The molecule has 1 atom stereocenters. The van der Waals surface area contributed by atoms with Gasteiger partial charge in [-0.1, -0.05) is 0 Å². The molecule has 4 rings (SSSR count). The number of nitrogens with zero attached hydrogens (tertiary/aromatic N) is 5. The third-order valence-corrected chi connectivity index (χ3v) is 5.28. The molecule has 4 heterocycles. The van der Waals surface area contributed by atoms with Crippen LogP contribution < -0.4 is 15.8 Å². The Bertz CT molecular complexity index is 801. The zero-order valence-corrected chi connectivity index (χ0v) is 15.1. The average Bonchev–Trinajstić information content (AvgIpc) is 2.67. The van der Waals surface area contributed by atoms with Gasteiger partial charge < -0.3 is 15.1 Å². The first-order valence-corrected chi connectivity index (χ1v) is 9.28. The maximum atomic E-state index is 11.3. The zero-order chi connectivity index (χ0) is 17.9. The van der Waals surface area contributed by atoms with Gasteiger partial charge in [-0.25, -0.2) is 15.1 Å². The molecule has 0 saturated carbocycles. The molecule has 2 aliphatic rings. The predicted octanol–water partition coefficient (Wildman–Crippen LogP) is 1.02. The van der Waals surface area contributed by atoms with Crippen molar-refractivity contribution in [2.75, 3.05) is 36.9 Å². The van der Waals surface area contributed by atoms with Gasteiger partial charge in [-0.2, -0.15) is 5.10 Å². The number of fused-ring (bicyclic) bond motifs is 1. The van der Waals surface area contributed by atoms with E-state index in [2.05, 4.69) is 42.3 Å². The predicted molar refractivity (Wildman–Crippen MR) is 100 cm³/mol. The second-order valence-corrected chi connectivity index (χ2v) is 7.14. The fourth-order valence-corrected chi connectivity index (χ4v) is 3.85. The summed E-state index contributed by atoms with van der Waals surface area (Å²) >= 11 is 0. The van der Waals surface area contributed by atoms with Crippen LogP contribution in [-0.4, -0.2) is 57.8 Å². The highest BCUT2D eigenvalue weighted by Gasteiger charge is 2.25. The molecule has 0 spiro atoms. The van der Waals surface area contributed by atoms with Crippen LogP contribution in [0.25, 0.3) is 0 Å². The van der Waals surface area contributed by atoms with Gasteiger partial charge in [0.2, 0.25) is 0 Å². The Balaban J connectivity index is 1.49. The normalized spacial score (nSPS) is 20.7. The number of rotatable bonds is 4. The minimum Gasteiger partial charge on any atom is -0.368 e. The zero-order valence-electron chi connectivity index (χ0n) is 15.1. The Labute approximate surface area is 152 Å². The summed E-state index contributed by atoms with van der Waals surface area (Å²) in [6, 6.07) is 3.67. The van der Waals surface area contributed by atoms with Crippen molar-refractivity contribution in [2.24, 2.45) is 0 Å². The van der Waals surface area contributed by atoms with E-state index in [0.29, 0.717) is 6.04 Å². The molecule has 2 N–H and O–H groups in total. The summed E-state index contributed by atoms with van der Waals surface area (Å²) in [7, 11) is 2.13. The van der Waals surface area contributed by atoms with Gasteiger partial charge in [-0.05, 0) is 32.4 Å². The maximum Gasteiger partial charge on any atom is 0.264 e. The molecule has 0 amide bonds. The molecule has 0 radical (unpaired) electrons. The van der Waals surface area contributed by atoms with Gasteiger partial charge in [-0.15, -0.1) is 0 Å². The summed E-state index contributed by atoms with van der Waals surface area (Å²) in [5, 5.41) is 10.3. The first-order chi connectivity index (χ1) is 12.7. The Kier molecular flexibility index (Phi) is 4.83. The lowest BCUT2D eigenvalue weighted by Gasteiger charge is -2.37. The van der Waals surface area contributed by atoms with Gasteiger partial charge in [0.1, 0.15) is 18.0 Å². The highest BCUT2D eigenvalue weighted by Crippen LogP contribution is 2.25. The Morgan fingerprint density at radius 3 is 3.04 bits per heavy atom. The number of H-pyrrole nitrogens is 1. The lowest BCUT2D eigenvalue weighted by Crippen LogP contribution is -2.44. The van der Waals surface area contributed by atoms with Gasteiger partial charge in [0.05, 0.1) is 5.69 Å². The van der Waals surface area contributed by atoms with Gasteiger partial charge >= 0.3 is 0 Å². The topological polar surface area (TPSA) is 90.0 Å². The highest BCUT2D eigenvalue weighted by atomic mass is 16.1. The third kappa shape index (κ3) is 3.55. The van der Waals surface area contributed by atoms with Crippen molar-refractivity contribution in [3.8, 4) is 0 Å². The molecule has 1 fully saturated rings. The number of anilines is 2. The number of nitrogens with one attached hydrogen (secondary N) is 2. The minimum absolute atomic E-state index is 0.169. The van der Waals surface area contributed by atoms with Crippen molar-refractivity contribution in [3.05, 3.63) is 40.1 Å². The van der Waals surface area contributed by atoms with Crippen LogP contribution in [0, 0.1) is 0 Å². The molecule has 1 unspecified atom stereocenters. The average molecular weight is 355 g/mol. The number of likely N-dealkylation sites (N-methyl/N-ethyl adjacent to an activating group) is 1. The summed E-state index contributed by atoms with van der Waals surface area (Å²) in [6.07, 6.45) is 6.08. The first-order valence-electron chi connectivity index (χ1n) is 9.28. The van der Waals surface area contributed by atoms with E-state index in [0.717, 1.165) is 62.8 Å². The number of hydrogen-bond acceptors (Lipinski definition) is 7. The lowest BCUT2D eigenvalue weighted by molar-refractivity contribution is 0.309. The number of aromatic amines is 1. The number of piperidine rings is 1. The van der Waals surface area contributed by atoms with Gasteiger partial charge in [-0.3, -0.25) is 4.79 Å². The second-order valence-electron chi connectivity index (χ2n) is 7.14. The molecule has 26 heavy (non-hydrogen) atoms. The van der Waals surface area contributed by atoms with Crippen LogP contribution >= 0.6 is 0 Å². The van der Waals surface area contributed by atoms with E-state index >= 15 is 0 Å². The van der Waals surface area contributed by atoms with E-state index in [4.69, 9.17) is 0 Å². The maximum absolute atomic E-state index is 11.3. The summed E-state index contributed by atoms with van der Waals surface area (Å²) < 4.78 is 0. The highest BCUT2D eigenvalue weighted by molar-refractivity contribution is 5.48. The second kappa shape index (κ2) is 7.41. The minimum atomic E-state index is -0.169. The van der Waals surface area contributed by atoms with Crippen molar-refractivity contribution >= 4 is 11.6 Å². The SMILES string of the molecule is CN1CCc2ncnc(NCC3CCCCN3c3ccc(=O)[nH]n3)c2C1. The van der Waals surface area contributed by atoms with Crippen LogP contribution in [0.2, 0.25) is 0 Å². The fourth-order valence-electron chi connectivity index (χ4n) is 3.85.